The number of Topliss-reactive ketones (excluding diaryl/α,β-unsaturated/α-hetero) is 1. The second-order valence-electron chi connectivity index (χ2n) is 12.2. The number of benzene rings is 5. The number of hydrogen-bond donors (Lipinski definition) is 1. The van der Waals surface area contributed by atoms with Crippen molar-refractivity contribution in [3.05, 3.63) is 148 Å². The highest BCUT2D eigenvalue weighted by Crippen LogP contribution is 2.36. The highest BCUT2D eigenvalue weighted by molar-refractivity contribution is 6.34. The van der Waals surface area contributed by atoms with E-state index < -0.39 is 0 Å². The van der Waals surface area contributed by atoms with Gasteiger partial charge in [-0.05, 0) is 103 Å². The molecule has 0 aromatic heterocycles. The molecular formula is C40H34N2O6. The highest BCUT2D eigenvalue weighted by Gasteiger charge is 2.37. The van der Waals surface area contributed by atoms with E-state index in [1.165, 1.54) is 18.9 Å². The number of aryl methyl sites for hydroxylation is 1. The topological polar surface area (TPSA) is 102 Å². The van der Waals surface area contributed by atoms with Crippen molar-refractivity contribution in [3.8, 4) is 23.0 Å². The first-order valence-corrected chi connectivity index (χ1v) is 15.5. The van der Waals surface area contributed by atoms with Crippen LogP contribution in [0.4, 0.5) is 5.69 Å². The van der Waals surface area contributed by atoms with Crippen molar-refractivity contribution >= 4 is 29.2 Å². The third kappa shape index (κ3) is 6.08. The van der Waals surface area contributed by atoms with E-state index in [0.29, 0.717) is 45.4 Å². The number of ketones is 1. The molecule has 1 heterocycles. The molecule has 5 aromatic rings. The molecule has 8 nitrogen and oxygen atoms in total. The lowest BCUT2D eigenvalue weighted by Gasteiger charge is -2.26. The molecule has 0 bridgehead atoms. The molecule has 1 aliphatic rings. The fourth-order valence-electron chi connectivity index (χ4n) is 5.82. The van der Waals surface area contributed by atoms with E-state index in [9.17, 15) is 19.2 Å². The Morgan fingerprint density at radius 3 is 1.75 bits per heavy atom. The van der Waals surface area contributed by atoms with Gasteiger partial charge in [0.2, 0.25) is 0 Å². The lowest BCUT2D eigenvalue weighted by molar-refractivity contribution is 0.0923. The summed E-state index contributed by atoms with van der Waals surface area (Å²) in [6.07, 6.45) is 0. The molecule has 0 aliphatic carbocycles. The van der Waals surface area contributed by atoms with Crippen LogP contribution in [-0.2, 0) is 5.41 Å². The number of rotatable bonds is 9. The minimum atomic E-state index is -0.376. The van der Waals surface area contributed by atoms with Gasteiger partial charge in [0, 0.05) is 18.0 Å². The largest absolute Gasteiger partial charge is 0.457 e. The average molecular weight is 639 g/mol. The summed E-state index contributed by atoms with van der Waals surface area (Å²) in [5.74, 6) is 0.811. The van der Waals surface area contributed by atoms with Crippen LogP contribution in [0, 0.1) is 6.92 Å². The summed E-state index contributed by atoms with van der Waals surface area (Å²) in [7, 11) is 1.52. The molecule has 0 fully saturated rings. The number of carbonyl (C=O) groups is 4. The lowest BCUT2D eigenvalue weighted by atomic mass is 9.78. The van der Waals surface area contributed by atoms with Crippen LogP contribution >= 0.6 is 0 Å². The predicted molar refractivity (Wildman–Crippen MR) is 184 cm³/mol. The Morgan fingerprint density at radius 2 is 1.19 bits per heavy atom. The van der Waals surface area contributed by atoms with E-state index >= 15 is 0 Å². The molecule has 1 N–H and O–H groups in total. The van der Waals surface area contributed by atoms with Crippen molar-refractivity contribution in [3.63, 3.8) is 0 Å². The molecule has 240 valence electrons. The monoisotopic (exact) mass is 638 g/mol. The number of ether oxygens (including phenoxy) is 2. The Bertz CT molecular complexity index is 2080. The van der Waals surface area contributed by atoms with E-state index in [4.69, 9.17) is 9.47 Å². The smallest absolute Gasteiger partial charge is 0.266 e. The van der Waals surface area contributed by atoms with Gasteiger partial charge in [-0.15, -0.1) is 0 Å². The summed E-state index contributed by atoms with van der Waals surface area (Å²) in [6.45, 7) is 7.58. The molecular weight excluding hydrogens is 604 g/mol. The van der Waals surface area contributed by atoms with Crippen molar-refractivity contribution in [1.82, 2.24) is 5.32 Å². The Kier molecular flexibility index (Phi) is 8.41. The Balaban J connectivity index is 1.15. The van der Waals surface area contributed by atoms with Crippen molar-refractivity contribution < 1.29 is 28.7 Å². The summed E-state index contributed by atoms with van der Waals surface area (Å²) in [6, 6.07) is 32.5. The molecule has 0 saturated carbocycles. The van der Waals surface area contributed by atoms with Crippen LogP contribution in [0.15, 0.2) is 109 Å². The Morgan fingerprint density at radius 1 is 0.646 bits per heavy atom. The lowest BCUT2D eigenvalue weighted by Crippen LogP contribution is -2.29. The van der Waals surface area contributed by atoms with Crippen LogP contribution in [0.25, 0.3) is 0 Å². The van der Waals surface area contributed by atoms with Gasteiger partial charge < -0.3 is 14.8 Å². The minimum Gasteiger partial charge on any atom is -0.457 e. The van der Waals surface area contributed by atoms with Crippen LogP contribution in [0.5, 0.6) is 23.0 Å². The van der Waals surface area contributed by atoms with Crippen molar-refractivity contribution in [2.75, 3.05) is 11.9 Å². The minimum absolute atomic E-state index is 0.200. The molecule has 6 rings (SSSR count). The number of anilines is 1. The van der Waals surface area contributed by atoms with Crippen LogP contribution in [0.2, 0.25) is 0 Å². The van der Waals surface area contributed by atoms with Gasteiger partial charge in [0.25, 0.3) is 17.7 Å². The van der Waals surface area contributed by atoms with E-state index in [2.05, 4.69) is 19.2 Å². The standard InChI is InChI=1S/C40H34N2O6/c1-24-7-6-8-28(21-24)42-38(45)34-20-18-32(23-36(34)39(42)46)48-30-15-11-27(12-16-30)40(3,4)26-9-13-29(14-10-26)47-31-17-19-33(25(2)43)35(22-31)37(44)41-5/h6-23H,1-5H3,(H,41,44). The van der Waals surface area contributed by atoms with E-state index in [0.717, 1.165) is 16.7 Å². The fraction of sp³-hybridized carbons (Fsp3) is 0.150. The van der Waals surface area contributed by atoms with Gasteiger partial charge in [0.1, 0.15) is 23.0 Å². The highest BCUT2D eigenvalue weighted by atomic mass is 16.5. The van der Waals surface area contributed by atoms with Crippen LogP contribution in [0.1, 0.15) is 78.9 Å². The number of amides is 3. The first kappa shape index (κ1) is 31.9. The maximum absolute atomic E-state index is 13.2. The number of nitrogens with one attached hydrogen (secondary N) is 1. The summed E-state index contributed by atoms with van der Waals surface area (Å²) in [4.78, 5) is 51.8. The third-order valence-electron chi connectivity index (χ3n) is 8.58. The van der Waals surface area contributed by atoms with Crippen LogP contribution in [0.3, 0.4) is 0 Å². The molecule has 48 heavy (non-hydrogen) atoms. The molecule has 1 aliphatic heterocycles. The van der Waals surface area contributed by atoms with Gasteiger partial charge in [0.05, 0.1) is 22.4 Å². The predicted octanol–water partition coefficient (Wildman–Crippen LogP) is 8.27. The zero-order valence-corrected chi connectivity index (χ0v) is 27.3. The average Bonchev–Trinajstić information content (AvgIpc) is 3.33. The van der Waals surface area contributed by atoms with Gasteiger partial charge >= 0.3 is 0 Å². The normalized spacial score (nSPS) is 12.5. The fourth-order valence-corrected chi connectivity index (χ4v) is 5.82. The van der Waals surface area contributed by atoms with Gasteiger partial charge in [0.15, 0.2) is 5.78 Å². The van der Waals surface area contributed by atoms with Gasteiger partial charge in [-0.3, -0.25) is 19.2 Å². The summed E-state index contributed by atoms with van der Waals surface area (Å²) < 4.78 is 12.1. The summed E-state index contributed by atoms with van der Waals surface area (Å²) in [5.41, 5.74) is 4.51. The van der Waals surface area contributed by atoms with Crippen molar-refractivity contribution in [2.24, 2.45) is 0 Å². The van der Waals surface area contributed by atoms with Crippen LogP contribution < -0.4 is 19.7 Å². The molecule has 5 aromatic carbocycles. The zero-order valence-electron chi connectivity index (χ0n) is 27.3. The van der Waals surface area contributed by atoms with E-state index in [1.807, 2.05) is 73.7 Å². The van der Waals surface area contributed by atoms with Crippen molar-refractivity contribution in [2.45, 2.75) is 33.1 Å². The number of carbonyl (C=O) groups excluding carboxylic acids is 4. The number of hydrogen-bond acceptors (Lipinski definition) is 6. The second-order valence-corrected chi connectivity index (χ2v) is 12.2. The molecule has 0 saturated heterocycles. The van der Waals surface area contributed by atoms with Crippen LogP contribution in [-0.4, -0.2) is 30.6 Å². The van der Waals surface area contributed by atoms with E-state index in [1.54, 1.807) is 42.5 Å². The molecule has 0 atom stereocenters. The maximum Gasteiger partial charge on any atom is 0.266 e. The number of nitrogens with zero attached hydrogens (tertiary/aromatic N) is 1. The third-order valence-corrected chi connectivity index (χ3v) is 8.58. The number of fused-ring (bicyclic) bond motifs is 1. The SMILES string of the molecule is CNC(=O)c1cc(Oc2ccc(C(C)(C)c3ccc(Oc4ccc5c(c4)C(=O)N(c4cccc(C)c4)C5=O)cc3)cc2)ccc1C(C)=O. The quantitative estimate of drug-likeness (QED) is 0.129. The van der Waals surface area contributed by atoms with Gasteiger partial charge in [-0.25, -0.2) is 4.90 Å². The maximum atomic E-state index is 13.2. The Hall–Kier alpha value is -6.02. The van der Waals surface area contributed by atoms with Gasteiger partial charge in [-0.1, -0.05) is 50.2 Å². The first-order chi connectivity index (χ1) is 23.0. The molecule has 0 unspecified atom stereocenters. The molecule has 3 amide bonds. The number of imide groups is 1. The van der Waals surface area contributed by atoms with E-state index in [-0.39, 0.29) is 34.5 Å². The first-order valence-electron chi connectivity index (χ1n) is 15.5. The zero-order chi connectivity index (χ0) is 34.2. The van der Waals surface area contributed by atoms with Crippen molar-refractivity contribution in [1.29, 1.82) is 0 Å². The summed E-state index contributed by atoms with van der Waals surface area (Å²) >= 11 is 0. The molecule has 0 spiro atoms. The molecule has 0 radical (unpaired) electrons. The second kappa shape index (κ2) is 12.6. The van der Waals surface area contributed by atoms with Gasteiger partial charge in [-0.2, -0.15) is 0 Å². The summed E-state index contributed by atoms with van der Waals surface area (Å²) in [5, 5.41) is 2.56. The Labute approximate surface area is 278 Å². The molecule has 8 heteroatoms.